The first-order valence-electron chi connectivity index (χ1n) is 10.5. The summed E-state index contributed by atoms with van der Waals surface area (Å²) in [5.74, 6) is 0.660. The average molecular weight is 431 g/mol. The summed E-state index contributed by atoms with van der Waals surface area (Å²) in [7, 11) is 1.65. The highest BCUT2D eigenvalue weighted by atomic mass is 16.5. The van der Waals surface area contributed by atoms with Crippen LogP contribution in [0.1, 0.15) is 17.5 Å². The first-order chi connectivity index (χ1) is 15.5. The van der Waals surface area contributed by atoms with Gasteiger partial charge in [-0.3, -0.25) is 13.9 Å². The number of aromatic nitrogens is 4. The summed E-state index contributed by atoms with van der Waals surface area (Å²) in [4.78, 5) is 31.2. The number of rotatable bonds is 8. The predicted octanol–water partition coefficient (Wildman–Crippen LogP) is 3.47. The van der Waals surface area contributed by atoms with Crippen molar-refractivity contribution in [3.63, 3.8) is 0 Å². The van der Waals surface area contributed by atoms with Crippen LogP contribution in [0.4, 0.5) is 0 Å². The van der Waals surface area contributed by atoms with E-state index in [1.807, 2.05) is 66.1 Å². The van der Waals surface area contributed by atoms with Crippen molar-refractivity contribution in [2.45, 2.75) is 26.4 Å². The van der Waals surface area contributed by atoms with Crippen molar-refractivity contribution in [3.05, 3.63) is 99.4 Å². The van der Waals surface area contributed by atoms with Crippen molar-refractivity contribution in [2.24, 2.45) is 7.05 Å². The third kappa shape index (κ3) is 4.01. The van der Waals surface area contributed by atoms with Crippen molar-refractivity contribution in [1.82, 2.24) is 18.7 Å². The summed E-state index contributed by atoms with van der Waals surface area (Å²) in [5.41, 5.74) is 3.09. The highest BCUT2D eigenvalue weighted by Gasteiger charge is 2.21. The lowest BCUT2D eigenvalue weighted by atomic mass is 10.1. The van der Waals surface area contributed by atoms with Crippen LogP contribution < -0.4 is 11.2 Å². The van der Waals surface area contributed by atoms with Gasteiger partial charge < -0.3 is 9.30 Å². The second kappa shape index (κ2) is 9.09. The zero-order valence-corrected chi connectivity index (χ0v) is 18.3. The number of ether oxygens (including phenoxy) is 1. The van der Waals surface area contributed by atoms with E-state index in [0.717, 1.165) is 16.7 Å². The Morgan fingerprint density at radius 3 is 2.56 bits per heavy atom. The molecule has 2 aromatic heterocycles. The molecule has 4 rings (SSSR count). The number of fused-ring (bicyclic) bond motifs is 1. The third-order valence-electron chi connectivity index (χ3n) is 5.45. The van der Waals surface area contributed by atoms with E-state index in [-0.39, 0.29) is 17.8 Å². The smallest absolute Gasteiger partial charge is 0.332 e. The third-order valence-corrected chi connectivity index (χ3v) is 5.45. The lowest BCUT2D eigenvalue weighted by molar-refractivity contribution is 0.238. The van der Waals surface area contributed by atoms with Gasteiger partial charge in [0.15, 0.2) is 11.2 Å². The minimum atomic E-state index is -0.388. The van der Waals surface area contributed by atoms with Crippen LogP contribution in [-0.4, -0.2) is 25.3 Å². The number of hydrogen-bond donors (Lipinski definition) is 0. The van der Waals surface area contributed by atoms with Crippen molar-refractivity contribution < 1.29 is 4.74 Å². The van der Waals surface area contributed by atoms with Crippen LogP contribution in [0.25, 0.3) is 22.6 Å². The fourth-order valence-electron chi connectivity index (χ4n) is 3.88. The number of imidazole rings is 1. The van der Waals surface area contributed by atoms with E-state index in [2.05, 4.69) is 6.58 Å². The van der Waals surface area contributed by atoms with Gasteiger partial charge in [-0.25, -0.2) is 9.78 Å². The Balaban J connectivity index is 1.95. The molecule has 0 aliphatic rings. The Morgan fingerprint density at radius 1 is 1.06 bits per heavy atom. The first-order valence-corrected chi connectivity index (χ1v) is 10.5. The van der Waals surface area contributed by atoms with Crippen LogP contribution in [-0.2, 0) is 24.9 Å². The second-order valence-electron chi connectivity index (χ2n) is 7.74. The van der Waals surface area contributed by atoms with Gasteiger partial charge in [-0.05, 0) is 25.0 Å². The minimum Gasteiger partial charge on any atom is -0.502 e. The van der Waals surface area contributed by atoms with Crippen molar-refractivity contribution in [3.8, 4) is 11.4 Å². The Kier molecular flexibility index (Phi) is 6.07. The van der Waals surface area contributed by atoms with Gasteiger partial charge >= 0.3 is 5.69 Å². The first kappa shape index (κ1) is 21.4. The molecule has 0 atom stereocenters. The van der Waals surface area contributed by atoms with E-state index in [1.165, 1.54) is 15.4 Å². The Labute approximate surface area is 185 Å². The van der Waals surface area contributed by atoms with Gasteiger partial charge in [0.05, 0.1) is 12.9 Å². The van der Waals surface area contributed by atoms with Crippen LogP contribution in [0.3, 0.4) is 0 Å². The molecule has 0 unspecified atom stereocenters. The fraction of sp³-hybridized carbons (Fsp3) is 0.240. The van der Waals surface area contributed by atoms with Crippen molar-refractivity contribution in [1.29, 1.82) is 0 Å². The van der Waals surface area contributed by atoms with E-state index < -0.39 is 0 Å². The molecule has 0 bridgehead atoms. The molecular formula is C25H26N4O3. The van der Waals surface area contributed by atoms with Crippen LogP contribution in [0.15, 0.2) is 77.0 Å². The molecule has 7 nitrogen and oxygen atoms in total. The minimum absolute atomic E-state index is 0.256. The summed E-state index contributed by atoms with van der Waals surface area (Å²) >= 11 is 0. The molecule has 0 saturated heterocycles. The topological polar surface area (TPSA) is 71.1 Å². The lowest BCUT2D eigenvalue weighted by Crippen LogP contribution is -2.40. The molecule has 164 valence electrons. The molecule has 7 heteroatoms. The number of benzene rings is 2. The standard InChI is InChI=1S/C25H26N4O3/c1-4-32-15-9-14-28-24(30)21-23(27(3)25(28)31)26-22(20-13-8-10-18(2)16-20)29(21)17-19-11-6-5-7-12-19/h4-8,10-13,16H,1,9,14-15,17H2,2-3H3. The fourth-order valence-corrected chi connectivity index (χ4v) is 3.88. The second-order valence-corrected chi connectivity index (χ2v) is 7.74. The molecule has 0 spiro atoms. The van der Waals surface area contributed by atoms with Gasteiger partial charge in [0.2, 0.25) is 0 Å². The maximum Gasteiger partial charge on any atom is 0.332 e. The van der Waals surface area contributed by atoms with Crippen molar-refractivity contribution >= 4 is 11.2 Å². The average Bonchev–Trinajstić information content (AvgIpc) is 3.17. The Bertz CT molecular complexity index is 1380. The summed E-state index contributed by atoms with van der Waals surface area (Å²) < 4.78 is 9.78. The van der Waals surface area contributed by atoms with Gasteiger partial charge in [0, 0.05) is 25.7 Å². The van der Waals surface area contributed by atoms with Gasteiger partial charge in [-0.1, -0.05) is 60.7 Å². The highest BCUT2D eigenvalue weighted by molar-refractivity contribution is 5.77. The summed E-state index contributed by atoms with van der Waals surface area (Å²) in [6, 6.07) is 17.9. The number of nitrogens with zero attached hydrogens (tertiary/aromatic N) is 4. The molecule has 0 fully saturated rings. The van der Waals surface area contributed by atoms with E-state index in [0.29, 0.717) is 36.6 Å². The zero-order valence-electron chi connectivity index (χ0n) is 18.3. The summed E-state index contributed by atoms with van der Waals surface area (Å²) in [5, 5.41) is 0. The van der Waals surface area contributed by atoms with E-state index in [1.54, 1.807) is 7.05 Å². The molecular weight excluding hydrogens is 404 g/mol. The monoisotopic (exact) mass is 430 g/mol. The van der Waals surface area contributed by atoms with E-state index in [9.17, 15) is 9.59 Å². The zero-order chi connectivity index (χ0) is 22.7. The number of hydrogen-bond acceptors (Lipinski definition) is 4. The van der Waals surface area contributed by atoms with Gasteiger partial charge in [0.1, 0.15) is 5.82 Å². The summed E-state index contributed by atoms with van der Waals surface area (Å²) in [6.07, 6.45) is 1.87. The maximum atomic E-state index is 13.5. The molecule has 4 aromatic rings. The molecule has 0 radical (unpaired) electrons. The van der Waals surface area contributed by atoms with Gasteiger partial charge in [-0.2, -0.15) is 0 Å². The molecule has 2 aromatic carbocycles. The van der Waals surface area contributed by atoms with Crippen LogP contribution in [0.2, 0.25) is 0 Å². The van der Waals surface area contributed by atoms with Crippen LogP contribution in [0, 0.1) is 6.92 Å². The molecule has 0 aliphatic heterocycles. The van der Waals surface area contributed by atoms with E-state index in [4.69, 9.17) is 9.72 Å². The van der Waals surface area contributed by atoms with Gasteiger partial charge in [-0.15, -0.1) is 0 Å². The van der Waals surface area contributed by atoms with Crippen molar-refractivity contribution in [2.75, 3.05) is 6.61 Å². The lowest BCUT2D eigenvalue weighted by Gasteiger charge is -2.12. The Morgan fingerprint density at radius 2 is 1.84 bits per heavy atom. The normalized spacial score (nSPS) is 11.1. The molecule has 0 aliphatic carbocycles. The quantitative estimate of drug-likeness (QED) is 0.317. The Hall–Kier alpha value is -3.87. The molecule has 32 heavy (non-hydrogen) atoms. The van der Waals surface area contributed by atoms with Crippen LogP contribution >= 0.6 is 0 Å². The highest BCUT2D eigenvalue weighted by Crippen LogP contribution is 2.24. The van der Waals surface area contributed by atoms with E-state index >= 15 is 0 Å². The molecule has 2 heterocycles. The van der Waals surface area contributed by atoms with Gasteiger partial charge in [0.25, 0.3) is 5.56 Å². The number of aryl methyl sites for hydroxylation is 2. The van der Waals surface area contributed by atoms with Crippen LogP contribution in [0.5, 0.6) is 0 Å². The summed E-state index contributed by atoms with van der Waals surface area (Å²) in [6.45, 7) is 6.64. The molecule has 0 saturated carbocycles. The maximum absolute atomic E-state index is 13.5. The molecule has 0 amide bonds. The molecule has 0 N–H and O–H groups in total. The SMILES string of the molecule is C=COCCCn1c(=O)c2c(nc(-c3cccc(C)c3)n2Cc2ccccc2)n(C)c1=O. The largest absolute Gasteiger partial charge is 0.502 e. The predicted molar refractivity (Wildman–Crippen MR) is 126 cm³/mol.